The first-order valence-electron chi connectivity index (χ1n) is 7.54. The maximum Gasteiger partial charge on any atom is 0.416 e. The molecule has 0 saturated carbocycles. The van der Waals surface area contributed by atoms with Gasteiger partial charge in [-0.2, -0.15) is 13.2 Å². The van der Waals surface area contributed by atoms with Gasteiger partial charge in [-0.05, 0) is 31.4 Å². The number of likely N-dealkylation sites (tertiary alicyclic amines) is 1. The van der Waals surface area contributed by atoms with Gasteiger partial charge in [-0.25, -0.2) is 4.79 Å². The Morgan fingerprint density at radius 3 is 2.57 bits per heavy atom. The molecule has 0 radical (unpaired) electrons. The SMILES string of the molecule is CCOC(=O)N1CCC(O)(Cc2cccc(C(F)(F)F)c2)CC1. The number of hydrogen-bond donors (Lipinski definition) is 1. The molecule has 2 rings (SSSR count). The summed E-state index contributed by atoms with van der Waals surface area (Å²) < 4.78 is 43.1. The van der Waals surface area contributed by atoms with Crippen LogP contribution in [0.25, 0.3) is 0 Å². The van der Waals surface area contributed by atoms with E-state index in [1.807, 2.05) is 0 Å². The summed E-state index contributed by atoms with van der Waals surface area (Å²) in [5.41, 5.74) is -1.39. The molecule has 0 unspecified atom stereocenters. The number of benzene rings is 1. The molecule has 7 heteroatoms. The van der Waals surface area contributed by atoms with Crippen LogP contribution in [0.5, 0.6) is 0 Å². The maximum atomic E-state index is 12.7. The van der Waals surface area contributed by atoms with Crippen LogP contribution in [0.3, 0.4) is 0 Å². The molecule has 0 spiro atoms. The first kappa shape index (κ1) is 17.6. The second-order valence-corrected chi connectivity index (χ2v) is 5.79. The standard InChI is InChI=1S/C16H20F3NO3/c1-2-23-14(21)20-8-6-15(22,7-9-20)11-12-4-3-5-13(10-12)16(17,18)19/h3-5,10,22H,2,6-9,11H2,1H3. The molecule has 1 fully saturated rings. The summed E-state index contributed by atoms with van der Waals surface area (Å²) in [5.74, 6) is 0. The fraction of sp³-hybridized carbons (Fsp3) is 0.562. The molecule has 1 heterocycles. The Morgan fingerprint density at radius 2 is 2.00 bits per heavy atom. The normalized spacial score (nSPS) is 17.9. The molecule has 0 aromatic heterocycles. The molecule has 1 N–H and O–H groups in total. The molecule has 1 aromatic carbocycles. The number of nitrogens with zero attached hydrogens (tertiary/aromatic N) is 1. The van der Waals surface area contributed by atoms with Crippen molar-refractivity contribution in [3.05, 3.63) is 35.4 Å². The average Bonchev–Trinajstić information content (AvgIpc) is 2.47. The van der Waals surface area contributed by atoms with Gasteiger partial charge in [-0.3, -0.25) is 0 Å². The second-order valence-electron chi connectivity index (χ2n) is 5.79. The van der Waals surface area contributed by atoms with Crippen molar-refractivity contribution < 1.29 is 27.8 Å². The zero-order valence-electron chi connectivity index (χ0n) is 12.9. The fourth-order valence-corrected chi connectivity index (χ4v) is 2.73. The minimum absolute atomic E-state index is 0.133. The number of rotatable bonds is 3. The van der Waals surface area contributed by atoms with Gasteiger partial charge < -0.3 is 14.7 Å². The Bertz CT molecular complexity index is 552. The second kappa shape index (κ2) is 6.78. The lowest BCUT2D eigenvalue weighted by Crippen LogP contribution is -2.47. The van der Waals surface area contributed by atoms with Crippen LogP contribution in [0.15, 0.2) is 24.3 Å². The zero-order valence-corrected chi connectivity index (χ0v) is 12.9. The molecule has 0 bridgehead atoms. The molecule has 23 heavy (non-hydrogen) atoms. The molecule has 1 aliphatic rings. The summed E-state index contributed by atoms with van der Waals surface area (Å²) in [6.07, 6.45) is -4.07. The van der Waals surface area contributed by atoms with Gasteiger partial charge in [0.15, 0.2) is 0 Å². The molecule has 128 valence electrons. The number of hydrogen-bond acceptors (Lipinski definition) is 3. The van der Waals surface area contributed by atoms with E-state index in [2.05, 4.69) is 0 Å². The number of amides is 1. The van der Waals surface area contributed by atoms with E-state index in [0.29, 0.717) is 31.5 Å². The Morgan fingerprint density at radius 1 is 1.35 bits per heavy atom. The van der Waals surface area contributed by atoms with Crippen LogP contribution in [0.1, 0.15) is 30.9 Å². The zero-order chi connectivity index (χ0) is 17.1. The lowest BCUT2D eigenvalue weighted by molar-refractivity contribution is -0.137. The van der Waals surface area contributed by atoms with Gasteiger partial charge >= 0.3 is 12.3 Å². The van der Waals surface area contributed by atoms with Crippen molar-refractivity contribution in [2.75, 3.05) is 19.7 Å². The van der Waals surface area contributed by atoms with Crippen LogP contribution in [-0.2, 0) is 17.3 Å². The number of carbonyl (C=O) groups is 1. The summed E-state index contributed by atoms with van der Waals surface area (Å²) in [7, 11) is 0. The molecule has 1 saturated heterocycles. The summed E-state index contributed by atoms with van der Waals surface area (Å²) in [6.45, 7) is 2.65. The van der Waals surface area contributed by atoms with E-state index in [1.165, 1.54) is 11.0 Å². The van der Waals surface area contributed by atoms with Crippen molar-refractivity contribution in [1.29, 1.82) is 0 Å². The van der Waals surface area contributed by atoms with E-state index in [1.54, 1.807) is 13.0 Å². The van der Waals surface area contributed by atoms with Gasteiger partial charge in [0, 0.05) is 19.5 Å². The smallest absolute Gasteiger partial charge is 0.416 e. The number of alkyl halides is 3. The fourth-order valence-electron chi connectivity index (χ4n) is 2.73. The third kappa shape index (κ3) is 4.60. The van der Waals surface area contributed by atoms with Gasteiger partial charge in [-0.1, -0.05) is 18.2 Å². The molecule has 4 nitrogen and oxygen atoms in total. The molecule has 1 aromatic rings. The first-order chi connectivity index (χ1) is 10.7. The Labute approximate surface area is 132 Å². The van der Waals surface area contributed by atoms with Crippen molar-refractivity contribution >= 4 is 6.09 Å². The van der Waals surface area contributed by atoms with Crippen LogP contribution in [0, 0.1) is 0 Å². The highest BCUT2D eigenvalue weighted by Gasteiger charge is 2.35. The molecule has 0 atom stereocenters. The third-order valence-corrected chi connectivity index (χ3v) is 4.01. The van der Waals surface area contributed by atoms with Crippen molar-refractivity contribution in [1.82, 2.24) is 4.90 Å². The Balaban J connectivity index is 2.00. The minimum atomic E-state index is -4.40. The van der Waals surface area contributed by atoms with E-state index < -0.39 is 23.4 Å². The minimum Gasteiger partial charge on any atom is -0.450 e. The topological polar surface area (TPSA) is 49.8 Å². The number of piperidine rings is 1. The predicted molar refractivity (Wildman–Crippen MR) is 77.9 cm³/mol. The lowest BCUT2D eigenvalue weighted by atomic mass is 9.85. The molecule has 1 amide bonds. The molecular weight excluding hydrogens is 311 g/mol. The van der Waals surface area contributed by atoms with Gasteiger partial charge in [0.25, 0.3) is 0 Å². The lowest BCUT2D eigenvalue weighted by Gasteiger charge is -2.37. The van der Waals surface area contributed by atoms with E-state index >= 15 is 0 Å². The van der Waals surface area contributed by atoms with Crippen LogP contribution in [0.2, 0.25) is 0 Å². The quantitative estimate of drug-likeness (QED) is 0.925. The summed E-state index contributed by atoms with van der Waals surface area (Å²) in [4.78, 5) is 13.1. The number of halogens is 3. The van der Waals surface area contributed by atoms with Crippen molar-refractivity contribution in [3.63, 3.8) is 0 Å². The first-order valence-corrected chi connectivity index (χ1v) is 7.54. The van der Waals surface area contributed by atoms with Crippen LogP contribution >= 0.6 is 0 Å². The van der Waals surface area contributed by atoms with Gasteiger partial charge in [0.1, 0.15) is 0 Å². The van der Waals surface area contributed by atoms with Crippen molar-refractivity contribution in [2.24, 2.45) is 0 Å². The van der Waals surface area contributed by atoms with E-state index in [9.17, 15) is 23.1 Å². The highest BCUT2D eigenvalue weighted by Crippen LogP contribution is 2.32. The van der Waals surface area contributed by atoms with Crippen LogP contribution < -0.4 is 0 Å². The summed E-state index contributed by atoms with van der Waals surface area (Å²) in [6, 6.07) is 4.99. The summed E-state index contributed by atoms with van der Waals surface area (Å²) >= 11 is 0. The predicted octanol–water partition coefficient (Wildman–Crippen LogP) is 3.23. The van der Waals surface area contributed by atoms with E-state index in [-0.39, 0.29) is 13.0 Å². The van der Waals surface area contributed by atoms with Gasteiger partial charge in [0.2, 0.25) is 0 Å². The van der Waals surface area contributed by atoms with Crippen molar-refractivity contribution in [3.8, 4) is 0 Å². The van der Waals surface area contributed by atoms with Crippen LogP contribution in [0.4, 0.5) is 18.0 Å². The highest BCUT2D eigenvalue weighted by atomic mass is 19.4. The molecule has 1 aliphatic heterocycles. The Hall–Kier alpha value is -1.76. The van der Waals surface area contributed by atoms with E-state index in [4.69, 9.17) is 4.74 Å². The largest absolute Gasteiger partial charge is 0.450 e. The van der Waals surface area contributed by atoms with Crippen molar-refractivity contribution in [2.45, 2.75) is 38.0 Å². The van der Waals surface area contributed by atoms with Gasteiger partial charge in [0.05, 0.1) is 17.8 Å². The van der Waals surface area contributed by atoms with Crippen LogP contribution in [-0.4, -0.2) is 41.4 Å². The van der Waals surface area contributed by atoms with E-state index in [0.717, 1.165) is 12.1 Å². The molecule has 0 aliphatic carbocycles. The number of carbonyl (C=O) groups excluding carboxylic acids is 1. The maximum absolute atomic E-state index is 12.7. The number of ether oxygens (including phenoxy) is 1. The Kier molecular flexibility index (Phi) is 5.19. The average molecular weight is 331 g/mol. The third-order valence-electron chi connectivity index (χ3n) is 4.01. The van der Waals surface area contributed by atoms with Gasteiger partial charge in [-0.15, -0.1) is 0 Å². The molecular formula is C16H20F3NO3. The monoisotopic (exact) mass is 331 g/mol. The number of aliphatic hydroxyl groups is 1. The summed E-state index contributed by atoms with van der Waals surface area (Å²) in [5, 5.41) is 10.6. The highest BCUT2D eigenvalue weighted by molar-refractivity contribution is 5.67.